The van der Waals surface area contributed by atoms with Gasteiger partial charge < -0.3 is 14.8 Å². The molecule has 1 aliphatic rings. The zero-order valence-corrected chi connectivity index (χ0v) is 11.7. The molecule has 1 aromatic heterocycles. The predicted octanol–water partition coefficient (Wildman–Crippen LogP) is 1.72. The lowest BCUT2D eigenvalue weighted by Crippen LogP contribution is -2.35. The maximum Gasteiger partial charge on any atom is 0.152 e. The second kappa shape index (κ2) is 5.20. The zero-order chi connectivity index (χ0) is 14.1. The molecule has 6 heteroatoms. The maximum absolute atomic E-state index is 14.3. The van der Waals surface area contributed by atoms with Crippen LogP contribution in [0.5, 0.6) is 0 Å². The minimum absolute atomic E-state index is 0.0977. The molecule has 0 aliphatic carbocycles. The van der Waals surface area contributed by atoms with Crippen LogP contribution in [0.3, 0.4) is 0 Å². The van der Waals surface area contributed by atoms with Crippen molar-refractivity contribution < 1.29 is 4.39 Å². The molecule has 2 aromatic rings. The number of fused-ring (bicyclic) bond motifs is 1. The van der Waals surface area contributed by atoms with Crippen LogP contribution in [0.4, 0.5) is 10.1 Å². The van der Waals surface area contributed by atoms with Crippen LogP contribution in [0.1, 0.15) is 24.4 Å². The van der Waals surface area contributed by atoms with Gasteiger partial charge in [-0.3, -0.25) is 0 Å². The summed E-state index contributed by atoms with van der Waals surface area (Å²) in [6.07, 6.45) is 1.73. The van der Waals surface area contributed by atoms with E-state index in [2.05, 4.69) is 15.5 Å². The highest BCUT2D eigenvalue weighted by molar-refractivity contribution is 5.56. The molecule has 0 fully saturated rings. The Hall–Kier alpha value is -1.95. The van der Waals surface area contributed by atoms with Crippen molar-refractivity contribution in [3.8, 4) is 0 Å². The van der Waals surface area contributed by atoms with Gasteiger partial charge in [0.1, 0.15) is 12.1 Å². The fraction of sp³-hybridized carbons (Fsp3) is 0.429. The third-order valence-electron chi connectivity index (χ3n) is 3.87. The Morgan fingerprint density at radius 2 is 2.20 bits per heavy atom. The first-order valence-electron chi connectivity index (χ1n) is 6.78. The van der Waals surface area contributed by atoms with Gasteiger partial charge in [0.2, 0.25) is 0 Å². The van der Waals surface area contributed by atoms with Crippen LogP contribution in [0.25, 0.3) is 0 Å². The first-order chi connectivity index (χ1) is 9.70. The normalized spacial score (nSPS) is 16.1. The van der Waals surface area contributed by atoms with Gasteiger partial charge in [0.25, 0.3) is 0 Å². The molecule has 2 heterocycles. The van der Waals surface area contributed by atoms with Gasteiger partial charge in [-0.15, -0.1) is 10.2 Å². The van der Waals surface area contributed by atoms with Crippen molar-refractivity contribution in [2.75, 3.05) is 18.5 Å². The van der Waals surface area contributed by atoms with Crippen molar-refractivity contribution in [3.05, 3.63) is 41.7 Å². The van der Waals surface area contributed by atoms with Crippen LogP contribution < -0.4 is 10.2 Å². The van der Waals surface area contributed by atoms with Gasteiger partial charge in [0.05, 0.1) is 12.2 Å². The van der Waals surface area contributed by atoms with E-state index >= 15 is 0 Å². The smallest absolute Gasteiger partial charge is 0.152 e. The lowest BCUT2D eigenvalue weighted by molar-refractivity contribution is 0.536. The largest absolute Gasteiger partial charge is 0.360 e. The summed E-state index contributed by atoms with van der Waals surface area (Å²) in [5.74, 6) is 0.695. The Balaban J connectivity index is 1.98. The van der Waals surface area contributed by atoms with Crippen LogP contribution in [0.2, 0.25) is 0 Å². The summed E-state index contributed by atoms with van der Waals surface area (Å²) in [6, 6.07) is 5.34. The topological polar surface area (TPSA) is 46.0 Å². The van der Waals surface area contributed by atoms with E-state index in [1.54, 1.807) is 12.4 Å². The average molecular weight is 275 g/mol. The molecule has 106 valence electrons. The summed E-state index contributed by atoms with van der Waals surface area (Å²) in [6.45, 7) is 4.16. The van der Waals surface area contributed by atoms with E-state index in [-0.39, 0.29) is 11.9 Å². The molecular weight excluding hydrogens is 257 g/mol. The molecule has 0 bridgehead atoms. The summed E-state index contributed by atoms with van der Waals surface area (Å²) in [5.41, 5.74) is 1.64. The van der Waals surface area contributed by atoms with Crippen molar-refractivity contribution in [2.45, 2.75) is 26.1 Å². The number of halogens is 1. The molecule has 1 N–H and O–H groups in total. The summed E-state index contributed by atoms with van der Waals surface area (Å²) < 4.78 is 16.3. The van der Waals surface area contributed by atoms with Gasteiger partial charge >= 0.3 is 0 Å². The van der Waals surface area contributed by atoms with Crippen LogP contribution in [0, 0.1) is 5.82 Å². The number of hydrogen-bond donors (Lipinski definition) is 1. The van der Waals surface area contributed by atoms with Crippen molar-refractivity contribution in [1.82, 2.24) is 20.1 Å². The number of hydrogen-bond acceptors (Lipinski definition) is 4. The number of benzene rings is 1. The van der Waals surface area contributed by atoms with E-state index < -0.39 is 0 Å². The summed E-state index contributed by atoms with van der Waals surface area (Å²) in [7, 11) is 1.88. The Labute approximate surface area is 117 Å². The molecule has 5 nitrogen and oxygen atoms in total. The molecule has 0 amide bonds. The Bertz CT molecular complexity index is 609. The molecule has 3 rings (SSSR count). The Morgan fingerprint density at radius 1 is 1.35 bits per heavy atom. The van der Waals surface area contributed by atoms with Crippen molar-refractivity contribution >= 4 is 5.69 Å². The van der Waals surface area contributed by atoms with Crippen molar-refractivity contribution in [1.29, 1.82) is 0 Å². The quantitative estimate of drug-likeness (QED) is 0.926. The highest BCUT2D eigenvalue weighted by atomic mass is 19.1. The van der Waals surface area contributed by atoms with Crippen LogP contribution in [-0.2, 0) is 13.1 Å². The van der Waals surface area contributed by atoms with Gasteiger partial charge in [0.15, 0.2) is 5.82 Å². The third kappa shape index (κ3) is 2.16. The number of aromatic nitrogens is 3. The van der Waals surface area contributed by atoms with Gasteiger partial charge in [-0.25, -0.2) is 4.39 Å². The van der Waals surface area contributed by atoms with E-state index in [1.165, 1.54) is 6.07 Å². The van der Waals surface area contributed by atoms with E-state index in [0.29, 0.717) is 12.2 Å². The van der Waals surface area contributed by atoms with Gasteiger partial charge in [-0.1, -0.05) is 12.1 Å². The lowest BCUT2D eigenvalue weighted by atomic mass is 10.0. The number of rotatable bonds is 3. The minimum Gasteiger partial charge on any atom is -0.360 e. The Kier molecular flexibility index (Phi) is 3.40. The second-order valence-corrected chi connectivity index (χ2v) is 5.05. The lowest BCUT2D eigenvalue weighted by Gasteiger charge is -2.32. The predicted molar refractivity (Wildman–Crippen MR) is 74.9 cm³/mol. The molecule has 0 radical (unpaired) electrons. The van der Waals surface area contributed by atoms with Crippen LogP contribution in [0.15, 0.2) is 24.5 Å². The molecule has 0 saturated heterocycles. The molecule has 1 unspecified atom stereocenters. The molecular formula is C14H18FN5. The average Bonchev–Trinajstić information content (AvgIpc) is 2.93. The first-order valence-corrected chi connectivity index (χ1v) is 6.78. The fourth-order valence-electron chi connectivity index (χ4n) is 2.63. The number of para-hydroxylation sites is 1. The summed E-state index contributed by atoms with van der Waals surface area (Å²) >= 11 is 0. The molecule has 0 spiro atoms. The second-order valence-electron chi connectivity index (χ2n) is 5.05. The van der Waals surface area contributed by atoms with Crippen molar-refractivity contribution in [2.24, 2.45) is 0 Å². The number of anilines is 1. The van der Waals surface area contributed by atoms with Crippen LogP contribution in [-0.4, -0.2) is 28.4 Å². The van der Waals surface area contributed by atoms with Crippen molar-refractivity contribution in [3.63, 3.8) is 0 Å². The van der Waals surface area contributed by atoms with Gasteiger partial charge in [-0.05, 0) is 25.6 Å². The monoisotopic (exact) mass is 275 g/mol. The van der Waals surface area contributed by atoms with Gasteiger partial charge in [-0.2, -0.15) is 0 Å². The minimum atomic E-state index is -0.183. The molecule has 20 heavy (non-hydrogen) atoms. The number of nitrogens with one attached hydrogen (secondary N) is 1. The SMILES string of the molecule is CNC(C)c1cccc(F)c1N1CCn2cnnc2C1. The standard InChI is InChI=1S/C14H18FN5/c1-10(16-2)11-4-3-5-12(15)14(11)19-6-7-20-9-17-18-13(20)8-19/h3-5,9-10,16H,6-8H2,1-2H3. The zero-order valence-electron chi connectivity index (χ0n) is 11.7. The highest BCUT2D eigenvalue weighted by Gasteiger charge is 2.23. The summed E-state index contributed by atoms with van der Waals surface area (Å²) in [4.78, 5) is 2.04. The maximum atomic E-state index is 14.3. The molecule has 1 atom stereocenters. The van der Waals surface area contributed by atoms with Crippen LogP contribution >= 0.6 is 0 Å². The van der Waals surface area contributed by atoms with Gasteiger partial charge in [0, 0.05) is 19.1 Å². The number of nitrogens with zero attached hydrogens (tertiary/aromatic N) is 4. The summed E-state index contributed by atoms with van der Waals surface area (Å²) in [5, 5.41) is 11.2. The fourth-order valence-corrected chi connectivity index (χ4v) is 2.63. The molecule has 0 saturated carbocycles. The highest BCUT2D eigenvalue weighted by Crippen LogP contribution is 2.31. The molecule has 1 aliphatic heterocycles. The van der Waals surface area contributed by atoms with E-state index in [4.69, 9.17) is 0 Å². The van der Waals surface area contributed by atoms with E-state index in [0.717, 1.165) is 24.5 Å². The Morgan fingerprint density at radius 3 is 3.00 bits per heavy atom. The third-order valence-corrected chi connectivity index (χ3v) is 3.87. The van der Waals surface area contributed by atoms with E-state index in [9.17, 15) is 4.39 Å². The first kappa shape index (κ1) is 13.1. The molecule has 1 aromatic carbocycles. The van der Waals surface area contributed by atoms with E-state index in [1.807, 2.05) is 29.5 Å².